The maximum atomic E-state index is 12.6. The summed E-state index contributed by atoms with van der Waals surface area (Å²) in [7, 11) is 1.79. The molecule has 0 spiro atoms. The summed E-state index contributed by atoms with van der Waals surface area (Å²) in [6.07, 6.45) is 2.44. The molecule has 3 rings (SSSR count). The van der Waals surface area contributed by atoms with Gasteiger partial charge in [-0.05, 0) is 42.7 Å². The van der Waals surface area contributed by atoms with E-state index in [1.165, 1.54) is 25.5 Å². The van der Waals surface area contributed by atoms with E-state index >= 15 is 0 Å². The number of benzene rings is 2. The van der Waals surface area contributed by atoms with Crippen molar-refractivity contribution in [3.05, 3.63) is 54.1 Å². The van der Waals surface area contributed by atoms with Crippen LogP contribution in [-0.2, 0) is 11.3 Å². The third-order valence-corrected chi connectivity index (χ3v) is 4.63. The number of carbonyl (C=O) groups excluding carboxylic acids is 2. The molecule has 142 valence electrons. The molecule has 1 saturated heterocycles. The van der Waals surface area contributed by atoms with Gasteiger partial charge in [-0.2, -0.15) is 0 Å². The molecule has 1 aliphatic rings. The Hall–Kier alpha value is -3.02. The zero-order chi connectivity index (χ0) is 19.2. The van der Waals surface area contributed by atoms with E-state index in [-0.39, 0.29) is 11.9 Å². The van der Waals surface area contributed by atoms with Gasteiger partial charge in [0, 0.05) is 50.7 Å². The lowest BCUT2D eigenvalue weighted by molar-refractivity contribution is -0.114. The van der Waals surface area contributed by atoms with Gasteiger partial charge in [0.25, 0.3) is 0 Å². The molecule has 0 saturated carbocycles. The maximum Gasteiger partial charge on any atom is 0.321 e. The third-order valence-electron chi connectivity index (χ3n) is 4.63. The lowest BCUT2D eigenvalue weighted by Crippen LogP contribution is -2.31. The highest BCUT2D eigenvalue weighted by molar-refractivity contribution is 5.92. The van der Waals surface area contributed by atoms with Gasteiger partial charge in [0.05, 0.1) is 0 Å². The lowest BCUT2D eigenvalue weighted by Gasteiger charge is -2.24. The van der Waals surface area contributed by atoms with Gasteiger partial charge in [0.1, 0.15) is 0 Å². The van der Waals surface area contributed by atoms with E-state index in [0.717, 1.165) is 18.7 Å². The Balaban J connectivity index is 1.66. The number of nitrogens with one attached hydrogen (secondary N) is 2. The number of nitrogens with zero attached hydrogens (tertiary/aromatic N) is 2. The summed E-state index contributed by atoms with van der Waals surface area (Å²) >= 11 is 0. The van der Waals surface area contributed by atoms with Gasteiger partial charge in [-0.3, -0.25) is 4.79 Å². The van der Waals surface area contributed by atoms with Crippen molar-refractivity contribution in [2.45, 2.75) is 26.3 Å². The van der Waals surface area contributed by atoms with Crippen LogP contribution in [0.1, 0.15) is 25.3 Å². The number of anilines is 3. The van der Waals surface area contributed by atoms with Crippen molar-refractivity contribution in [2.24, 2.45) is 0 Å². The van der Waals surface area contributed by atoms with Gasteiger partial charge in [0.2, 0.25) is 5.91 Å². The van der Waals surface area contributed by atoms with Crippen molar-refractivity contribution in [3.63, 3.8) is 0 Å². The number of carbonyl (C=O) groups is 2. The molecule has 0 aromatic heterocycles. The Morgan fingerprint density at radius 1 is 1.00 bits per heavy atom. The summed E-state index contributed by atoms with van der Waals surface area (Å²) in [6.45, 7) is 4.13. The molecule has 0 aliphatic carbocycles. The fraction of sp³-hybridized carbons (Fsp3) is 0.333. The fourth-order valence-corrected chi connectivity index (χ4v) is 3.34. The Kier molecular flexibility index (Phi) is 5.96. The SMILES string of the molecule is CC(=O)Nc1cccc(NC(=O)N(C)Cc2ccccc2N2CCCC2)c1. The number of hydrogen-bond acceptors (Lipinski definition) is 3. The number of para-hydroxylation sites is 1. The van der Waals surface area contributed by atoms with E-state index in [1.54, 1.807) is 36.2 Å². The summed E-state index contributed by atoms with van der Waals surface area (Å²) in [4.78, 5) is 27.8. The molecule has 3 amide bonds. The number of rotatable bonds is 5. The highest BCUT2D eigenvalue weighted by atomic mass is 16.2. The van der Waals surface area contributed by atoms with Crippen LogP contribution >= 0.6 is 0 Å². The van der Waals surface area contributed by atoms with Crippen LogP contribution in [0.25, 0.3) is 0 Å². The molecule has 1 heterocycles. The highest BCUT2D eigenvalue weighted by Gasteiger charge is 2.17. The number of hydrogen-bond donors (Lipinski definition) is 2. The molecule has 1 aliphatic heterocycles. The van der Waals surface area contributed by atoms with Crippen LogP contribution in [0.5, 0.6) is 0 Å². The van der Waals surface area contributed by atoms with Crippen molar-refractivity contribution >= 4 is 29.0 Å². The summed E-state index contributed by atoms with van der Waals surface area (Å²) in [6, 6.07) is 15.2. The molecular weight excluding hydrogens is 340 g/mol. The van der Waals surface area contributed by atoms with Crippen LogP contribution in [0.15, 0.2) is 48.5 Å². The van der Waals surface area contributed by atoms with E-state index in [2.05, 4.69) is 27.7 Å². The summed E-state index contributed by atoms with van der Waals surface area (Å²) in [5, 5.41) is 5.60. The average molecular weight is 366 g/mol. The van der Waals surface area contributed by atoms with Gasteiger partial charge >= 0.3 is 6.03 Å². The highest BCUT2D eigenvalue weighted by Crippen LogP contribution is 2.25. The summed E-state index contributed by atoms with van der Waals surface area (Å²) in [5.74, 6) is -0.144. The normalized spacial score (nSPS) is 13.3. The molecule has 6 nitrogen and oxygen atoms in total. The molecule has 0 bridgehead atoms. The molecule has 0 unspecified atom stereocenters. The minimum Gasteiger partial charge on any atom is -0.371 e. The Labute approximate surface area is 160 Å². The Morgan fingerprint density at radius 3 is 2.37 bits per heavy atom. The molecule has 6 heteroatoms. The minimum atomic E-state index is -0.189. The molecule has 0 radical (unpaired) electrons. The van der Waals surface area contributed by atoms with Crippen LogP contribution in [0.2, 0.25) is 0 Å². The quantitative estimate of drug-likeness (QED) is 0.843. The van der Waals surface area contributed by atoms with Crippen molar-refractivity contribution in [3.8, 4) is 0 Å². The summed E-state index contributed by atoms with van der Waals surface area (Å²) < 4.78 is 0. The second-order valence-electron chi connectivity index (χ2n) is 6.87. The van der Waals surface area contributed by atoms with Crippen molar-refractivity contribution in [2.75, 3.05) is 35.7 Å². The standard InChI is InChI=1S/C21H26N4O2/c1-16(26)22-18-9-7-10-19(14-18)23-21(27)24(2)15-17-8-3-4-11-20(17)25-12-5-6-13-25/h3-4,7-11,14H,5-6,12-13,15H2,1-2H3,(H,22,26)(H,23,27). The van der Waals surface area contributed by atoms with E-state index in [0.29, 0.717) is 17.9 Å². The molecule has 1 fully saturated rings. The topological polar surface area (TPSA) is 64.7 Å². The Morgan fingerprint density at radius 2 is 1.67 bits per heavy atom. The number of amides is 3. The minimum absolute atomic E-state index is 0.144. The monoisotopic (exact) mass is 366 g/mol. The fourth-order valence-electron chi connectivity index (χ4n) is 3.34. The van der Waals surface area contributed by atoms with E-state index in [1.807, 2.05) is 12.1 Å². The lowest BCUT2D eigenvalue weighted by atomic mass is 10.1. The van der Waals surface area contributed by atoms with Crippen LogP contribution in [0.3, 0.4) is 0 Å². The van der Waals surface area contributed by atoms with Gasteiger partial charge in [-0.15, -0.1) is 0 Å². The first kappa shape index (κ1) is 18.8. The van der Waals surface area contributed by atoms with Gasteiger partial charge in [-0.25, -0.2) is 4.79 Å². The predicted molar refractivity (Wildman–Crippen MR) is 109 cm³/mol. The van der Waals surface area contributed by atoms with Crippen LogP contribution in [-0.4, -0.2) is 37.0 Å². The first-order valence-corrected chi connectivity index (χ1v) is 9.25. The number of urea groups is 1. The summed E-state index contributed by atoms with van der Waals surface area (Å²) in [5.41, 5.74) is 3.65. The van der Waals surface area contributed by atoms with Gasteiger partial charge in [-0.1, -0.05) is 24.3 Å². The molecule has 2 aromatic rings. The molecule has 2 aromatic carbocycles. The molecule has 27 heavy (non-hydrogen) atoms. The second kappa shape index (κ2) is 8.58. The van der Waals surface area contributed by atoms with E-state index in [4.69, 9.17) is 0 Å². The van der Waals surface area contributed by atoms with Crippen LogP contribution < -0.4 is 15.5 Å². The largest absolute Gasteiger partial charge is 0.371 e. The predicted octanol–water partition coefficient (Wildman–Crippen LogP) is 3.91. The van der Waals surface area contributed by atoms with Crippen molar-refractivity contribution < 1.29 is 9.59 Å². The van der Waals surface area contributed by atoms with E-state index in [9.17, 15) is 9.59 Å². The van der Waals surface area contributed by atoms with Crippen molar-refractivity contribution in [1.29, 1.82) is 0 Å². The van der Waals surface area contributed by atoms with Crippen LogP contribution in [0.4, 0.5) is 21.9 Å². The van der Waals surface area contributed by atoms with Gasteiger partial charge in [0.15, 0.2) is 0 Å². The molecule has 0 atom stereocenters. The third kappa shape index (κ3) is 5.00. The molecule has 2 N–H and O–H groups in total. The zero-order valence-corrected chi connectivity index (χ0v) is 15.9. The van der Waals surface area contributed by atoms with Gasteiger partial charge < -0.3 is 20.4 Å². The zero-order valence-electron chi connectivity index (χ0n) is 15.9. The molecular formula is C21H26N4O2. The average Bonchev–Trinajstić information content (AvgIpc) is 3.16. The first-order chi connectivity index (χ1) is 13.0. The maximum absolute atomic E-state index is 12.6. The van der Waals surface area contributed by atoms with Crippen LogP contribution in [0, 0.1) is 0 Å². The first-order valence-electron chi connectivity index (χ1n) is 9.25. The Bertz CT molecular complexity index is 815. The van der Waals surface area contributed by atoms with Crippen molar-refractivity contribution in [1.82, 2.24) is 4.90 Å². The smallest absolute Gasteiger partial charge is 0.321 e. The second-order valence-corrected chi connectivity index (χ2v) is 6.87. The van der Waals surface area contributed by atoms with E-state index < -0.39 is 0 Å².